The fourth-order valence-electron chi connectivity index (χ4n) is 2.14. The second-order valence-electron chi connectivity index (χ2n) is 4.05. The van der Waals surface area contributed by atoms with Crippen LogP contribution < -0.4 is 4.90 Å². The number of nitrogens with zero attached hydrogens (tertiary/aromatic N) is 1. The third-order valence-electron chi connectivity index (χ3n) is 2.85. The Hall–Kier alpha value is -1.31. The number of carbonyl (C=O) groups is 1. The number of anilines is 1. The van der Waals surface area contributed by atoms with Gasteiger partial charge in [0.1, 0.15) is 0 Å². The van der Waals surface area contributed by atoms with Gasteiger partial charge in [-0.25, -0.2) is 0 Å². The lowest BCUT2D eigenvalue weighted by molar-refractivity contribution is -0.107. The van der Waals surface area contributed by atoms with E-state index >= 15 is 0 Å². The molecule has 1 aromatic rings. The van der Waals surface area contributed by atoms with Gasteiger partial charge in [0.25, 0.3) is 0 Å². The van der Waals surface area contributed by atoms with Gasteiger partial charge in [-0.1, -0.05) is 26.0 Å². The fourth-order valence-corrected chi connectivity index (χ4v) is 2.14. The van der Waals surface area contributed by atoms with Gasteiger partial charge in [-0.05, 0) is 29.5 Å². The van der Waals surface area contributed by atoms with Crippen molar-refractivity contribution in [3.63, 3.8) is 0 Å². The predicted molar refractivity (Wildman–Crippen MR) is 57.6 cm³/mol. The minimum absolute atomic E-state index is 0.538. The van der Waals surface area contributed by atoms with E-state index in [1.54, 1.807) is 4.90 Å². The van der Waals surface area contributed by atoms with Gasteiger partial charge < -0.3 is 4.90 Å². The van der Waals surface area contributed by atoms with Crippen LogP contribution in [-0.4, -0.2) is 13.0 Å². The third-order valence-corrected chi connectivity index (χ3v) is 2.85. The molecule has 1 amide bonds. The second-order valence-corrected chi connectivity index (χ2v) is 4.05. The van der Waals surface area contributed by atoms with E-state index in [1.807, 2.05) is 12.1 Å². The van der Waals surface area contributed by atoms with Gasteiger partial charge >= 0.3 is 0 Å². The summed E-state index contributed by atoms with van der Waals surface area (Å²) in [6.07, 6.45) is 1.93. The lowest BCUT2D eigenvalue weighted by atomic mass is 9.96. The highest BCUT2D eigenvalue weighted by Gasteiger charge is 2.21. The highest BCUT2D eigenvalue weighted by atomic mass is 16.1. The molecule has 0 radical (unpaired) electrons. The summed E-state index contributed by atoms with van der Waals surface area (Å²) in [6.45, 7) is 5.22. The first kappa shape index (κ1) is 9.25. The third kappa shape index (κ3) is 1.31. The molecule has 0 bridgehead atoms. The molecule has 0 N–H and O–H groups in total. The van der Waals surface area contributed by atoms with E-state index < -0.39 is 0 Å². The second kappa shape index (κ2) is 3.45. The Morgan fingerprint density at radius 2 is 2.21 bits per heavy atom. The van der Waals surface area contributed by atoms with Crippen molar-refractivity contribution in [3.05, 3.63) is 29.3 Å². The molecule has 2 heteroatoms. The normalized spacial score (nSPS) is 14.6. The van der Waals surface area contributed by atoms with Crippen LogP contribution in [0.5, 0.6) is 0 Å². The Kier molecular flexibility index (Phi) is 2.28. The van der Waals surface area contributed by atoms with Gasteiger partial charge in [-0.15, -0.1) is 0 Å². The maximum Gasteiger partial charge on any atom is 0.214 e. The van der Waals surface area contributed by atoms with Crippen molar-refractivity contribution in [2.75, 3.05) is 11.4 Å². The molecule has 1 aromatic carbocycles. The van der Waals surface area contributed by atoms with Gasteiger partial charge in [0, 0.05) is 12.2 Å². The molecule has 2 nitrogen and oxygen atoms in total. The number of hydrogen-bond donors (Lipinski definition) is 0. The maximum atomic E-state index is 10.8. The summed E-state index contributed by atoms with van der Waals surface area (Å²) in [6, 6.07) is 6.23. The summed E-state index contributed by atoms with van der Waals surface area (Å²) in [7, 11) is 0. The SMILES string of the molecule is CC(C)c1cccc2c1CCN2C=O. The van der Waals surface area contributed by atoms with Gasteiger partial charge in [0.15, 0.2) is 0 Å². The molecular weight excluding hydrogens is 174 g/mol. The summed E-state index contributed by atoms with van der Waals surface area (Å²) in [5.41, 5.74) is 3.84. The molecule has 0 unspecified atom stereocenters. The number of fused-ring (bicyclic) bond motifs is 1. The molecule has 2 rings (SSSR count). The van der Waals surface area contributed by atoms with Crippen LogP contribution in [0.15, 0.2) is 18.2 Å². The van der Waals surface area contributed by atoms with Crippen LogP contribution in [0.2, 0.25) is 0 Å². The van der Waals surface area contributed by atoms with Crippen molar-refractivity contribution in [1.29, 1.82) is 0 Å². The molecule has 0 saturated carbocycles. The van der Waals surface area contributed by atoms with Crippen molar-refractivity contribution >= 4 is 12.1 Å². The molecular formula is C12H15NO. The van der Waals surface area contributed by atoms with E-state index in [0.29, 0.717) is 5.92 Å². The van der Waals surface area contributed by atoms with Crippen LogP contribution in [-0.2, 0) is 11.2 Å². The molecule has 0 aromatic heterocycles. The van der Waals surface area contributed by atoms with E-state index in [4.69, 9.17) is 0 Å². The first-order valence-corrected chi connectivity index (χ1v) is 5.07. The first-order valence-electron chi connectivity index (χ1n) is 5.07. The van der Waals surface area contributed by atoms with Gasteiger partial charge in [0.2, 0.25) is 6.41 Å². The summed E-state index contributed by atoms with van der Waals surface area (Å²) >= 11 is 0. The Morgan fingerprint density at radius 3 is 2.86 bits per heavy atom. The lowest BCUT2D eigenvalue weighted by Crippen LogP contribution is -2.17. The van der Waals surface area contributed by atoms with Crippen molar-refractivity contribution in [3.8, 4) is 0 Å². The molecule has 0 saturated heterocycles. The lowest BCUT2D eigenvalue weighted by Gasteiger charge is -2.13. The quantitative estimate of drug-likeness (QED) is 0.654. The van der Waals surface area contributed by atoms with Crippen LogP contribution in [0.25, 0.3) is 0 Å². The van der Waals surface area contributed by atoms with E-state index in [2.05, 4.69) is 19.9 Å². The smallest absolute Gasteiger partial charge is 0.214 e. The minimum Gasteiger partial charge on any atom is -0.314 e. The topological polar surface area (TPSA) is 20.3 Å². The van der Waals surface area contributed by atoms with Gasteiger partial charge in [-0.2, -0.15) is 0 Å². The summed E-state index contributed by atoms with van der Waals surface area (Å²) in [5.74, 6) is 0.538. The maximum absolute atomic E-state index is 10.8. The Labute approximate surface area is 84.5 Å². The highest BCUT2D eigenvalue weighted by Crippen LogP contribution is 2.32. The van der Waals surface area contributed by atoms with Crippen LogP contribution in [0.3, 0.4) is 0 Å². The average molecular weight is 189 g/mol. The monoisotopic (exact) mass is 189 g/mol. The van der Waals surface area contributed by atoms with Crippen LogP contribution in [0.1, 0.15) is 30.9 Å². The van der Waals surface area contributed by atoms with Gasteiger partial charge in [-0.3, -0.25) is 4.79 Å². The van der Waals surface area contributed by atoms with E-state index in [-0.39, 0.29) is 0 Å². The van der Waals surface area contributed by atoms with Crippen LogP contribution >= 0.6 is 0 Å². The number of amides is 1. The van der Waals surface area contributed by atoms with E-state index in [1.165, 1.54) is 11.1 Å². The van der Waals surface area contributed by atoms with E-state index in [0.717, 1.165) is 25.1 Å². The number of hydrogen-bond acceptors (Lipinski definition) is 1. The summed E-state index contributed by atoms with van der Waals surface area (Å²) in [5, 5.41) is 0. The summed E-state index contributed by atoms with van der Waals surface area (Å²) in [4.78, 5) is 12.6. The van der Waals surface area contributed by atoms with E-state index in [9.17, 15) is 4.79 Å². The zero-order chi connectivity index (χ0) is 10.1. The standard InChI is InChI=1S/C12H15NO/c1-9(2)10-4-3-5-12-11(10)6-7-13(12)8-14/h3-5,8-9H,6-7H2,1-2H3. The molecule has 14 heavy (non-hydrogen) atoms. The number of rotatable bonds is 2. The first-order chi connectivity index (χ1) is 6.74. The zero-order valence-electron chi connectivity index (χ0n) is 8.66. The minimum atomic E-state index is 0.538. The molecule has 1 heterocycles. The zero-order valence-corrected chi connectivity index (χ0v) is 8.66. The number of benzene rings is 1. The largest absolute Gasteiger partial charge is 0.314 e. The Balaban J connectivity index is 2.49. The Morgan fingerprint density at radius 1 is 1.43 bits per heavy atom. The van der Waals surface area contributed by atoms with Crippen LogP contribution in [0, 0.1) is 0 Å². The van der Waals surface area contributed by atoms with Crippen LogP contribution in [0.4, 0.5) is 5.69 Å². The fraction of sp³-hybridized carbons (Fsp3) is 0.417. The molecule has 1 aliphatic rings. The number of carbonyl (C=O) groups excluding carboxylic acids is 1. The average Bonchev–Trinajstić information content (AvgIpc) is 2.59. The molecule has 0 atom stereocenters. The highest BCUT2D eigenvalue weighted by molar-refractivity contribution is 5.80. The van der Waals surface area contributed by atoms with Crippen molar-refractivity contribution in [2.24, 2.45) is 0 Å². The van der Waals surface area contributed by atoms with Crippen molar-refractivity contribution in [1.82, 2.24) is 0 Å². The van der Waals surface area contributed by atoms with Gasteiger partial charge in [0.05, 0.1) is 0 Å². The van der Waals surface area contributed by atoms with Crippen molar-refractivity contribution in [2.45, 2.75) is 26.2 Å². The Bertz CT molecular complexity index is 357. The predicted octanol–water partition coefficient (Wildman–Crippen LogP) is 2.33. The molecule has 0 fully saturated rings. The molecule has 0 spiro atoms. The molecule has 74 valence electrons. The molecule has 1 aliphatic heterocycles. The van der Waals surface area contributed by atoms with Crippen molar-refractivity contribution < 1.29 is 4.79 Å². The molecule has 0 aliphatic carbocycles. The summed E-state index contributed by atoms with van der Waals surface area (Å²) < 4.78 is 0.